The molecule has 1 atom stereocenters. The van der Waals surface area contributed by atoms with E-state index in [-0.39, 0.29) is 11.6 Å². The highest BCUT2D eigenvalue weighted by molar-refractivity contribution is 5.94. The maximum absolute atomic E-state index is 12.6. The van der Waals surface area contributed by atoms with E-state index in [1.54, 1.807) is 6.92 Å². The van der Waals surface area contributed by atoms with Gasteiger partial charge in [0, 0.05) is 17.1 Å². The number of hydrogen-bond donors (Lipinski definition) is 1. The molecule has 0 saturated carbocycles. The van der Waals surface area contributed by atoms with Crippen LogP contribution in [0.5, 0.6) is 0 Å². The fourth-order valence-corrected chi connectivity index (χ4v) is 2.55. The van der Waals surface area contributed by atoms with Crippen LogP contribution in [0.25, 0.3) is 0 Å². The standard InChI is InChI=1S/C17H21N3O2/c1-5-15(20-13(4)10-12(3)18-17(20)22)16(21)19-14-9-7-6-8-11(14)2/h6-10,15H,5H2,1-4H3,(H,19,21). The first-order chi connectivity index (χ1) is 10.4. The molecule has 22 heavy (non-hydrogen) atoms. The summed E-state index contributed by atoms with van der Waals surface area (Å²) < 4.78 is 1.46. The number of hydrogen-bond acceptors (Lipinski definition) is 3. The van der Waals surface area contributed by atoms with Gasteiger partial charge in [-0.15, -0.1) is 0 Å². The van der Waals surface area contributed by atoms with E-state index < -0.39 is 6.04 Å². The SMILES string of the molecule is CCC(C(=O)Nc1ccccc1C)n1c(C)cc(C)nc1=O. The van der Waals surface area contributed by atoms with Crippen molar-refractivity contribution in [2.45, 2.75) is 40.2 Å². The Hall–Kier alpha value is -2.43. The van der Waals surface area contributed by atoms with Gasteiger partial charge in [0.1, 0.15) is 6.04 Å². The molecular formula is C17H21N3O2. The molecule has 1 heterocycles. The highest BCUT2D eigenvalue weighted by atomic mass is 16.2. The number of nitrogens with one attached hydrogen (secondary N) is 1. The Morgan fingerprint density at radius 2 is 1.95 bits per heavy atom. The second-order valence-electron chi connectivity index (χ2n) is 5.42. The van der Waals surface area contributed by atoms with E-state index in [0.717, 1.165) is 16.9 Å². The van der Waals surface area contributed by atoms with Crippen LogP contribution in [0.3, 0.4) is 0 Å². The smallest absolute Gasteiger partial charge is 0.324 e. The topological polar surface area (TPSA) is 64.0 Å². The number of aromatic nitrogens is 2. The summed E-state index contributed by atoms with van der Waals surface area (Å²) in [6.45, 7) is 7.40. The van der Waals surface area contributed by atoms with Gasteiger partial charge < -0.3 is 5.32 Å². The zero-order chi connectivity index (χ0) is 16.3. The molecule has 0 bridgehead atoms. The summed E-state index contributed by atoms with van der Waals surface area (Å²) in [7, 11) is 0. The summed E-state index contributed by atoms with van der Waals surface area (Å²) >= 11 is 0. The van der Waals surface area contributed by atoms with Crippen LogP contribution in [0.2, 0.25) is 0 Å². The van der Waals surface area contributed by atoms with Gasteiger partial charge in [-0.05, 0) is 44.9 Å². The Morgan fingerprint density at radius 1 is 1.27 bits per heavy atom. The monoisotopic (exact) mass is 299 g/mol. The van der Waals surface area contributed by atoms with Crippen molar-refractivity contribution in [2.75, 3.05) is 5.32 Å². The highest BCUT2D eigenvalue weighted by Gasteiger charge is 2.22. The van der Waals surface area contributed by atoms with Crippen molar-refractivity contribution >= 4 is 11.6 Å². The van der Waals surface area contributed by atoms with Crippen LogP contribution in [0.4, 0.5) is 5.69 Å². The van der Waals surface area contributed by atoms with Gasteiger partial charge in [-0.2, -0.15) is 4.98 Å². The van der Waals surface area contributed by atoms with Crippen LogP contribution in [-0.2, 0) is 4.79 Å². The molecule has 0 aliphatic rings. The van der Waals surface area contributed by atoms with Crippen LogP contribution in [-0.4, -0.2) is 15.5 Å². The molecule has 1 N–H and O–H groups in total. The molecule has 1 aromatic carbocycles. The second kappa shape index (κ2) is 6.56. The molecule has 2 aromatic rings. The van der Waals surface area contributed by atoms with E-state index in [1.165, 1.54) is 4.57 Å². The number of aryl methyl sites for hydroxylation is 3. The number of anilines is 1. The van der Waals surface area contributed by atoms with E-state index in [2.05, 4.69) is 10.3 Å². The Kier molecular flexibility index (Phi) is 4.75. The molecule has 5 nitrogen and oxygen atoms in total. The molecule has 5 heteroatoms. The maximum atomic E-state index is 12.6. The van der Waals surface area contributed by atoms with Gasteiger partial charge in [0.05, 0.1) is 0 Å². The molecule has 0 radical (unpaired) electrons. The van der Waals surface area contributed by atoms with Crippen LogP contribution in [0.15, 0.2) is 35.1 Å². The molecule has 116 valence electrons. The van der Waals surface area contributed by atoms with Crippen molar-refractivity contribution in [1.29, 1.82) is 0 Å². The molecule has 0 saturated heterocycles. The fraction of sp³-hybridized carbons (Fsp3) is 0.353. The van der Waals surface area contributed by atoms with Crippen LogP contribution < -0.4 is 11.0 Å². The highest BCUT2D eigenvalue weighted by Crippen LogP contribution is 2.18. The molecule has 1 amide bonds. The number of carbonyl (C=O) groups is 1. The number of nitrogens with zero attached hydrogens (tertiary/aromatic N) is 2. The number of rotatable bonds is 4. The summed E-state index contributed by atoms with van der Waals surface area (Å²) in [5.41, 5.74) is 2.76. The number of benzene rings is 1. The summed E-state index contributed by atoms with van der Waals surface area (Å²) in [5.74, 6) is -0.201. The summed E-state index contributed by atoms with van der Waals surface area (Å²) in [4.78, 5) is 28.7. The van der Waals surface area contributed by atoms with Crippen molar-refractivity contribution < 1.29 is 4.79 Å². The lowest BCUT2D eigenvalue weighted by atomic mass is 10.1. The third-order valence-corrected chi connectivity index (χ3v) is 3.68. The summed E-state index contributed by atoms with van der Waals surface area (Å²) in [6, 6.07) is 8.81. The Balaban J connectivity index is 2.35. The van der Waals surface area contributed by atoms with Gasteiger partial charge in [-0.25, -0.2) is 4.79 Å². The largest absolute Gasteiger partial charge is 0.348 e. The molecule has 1 unspecified atom stereocenters. The zero-order valence-electron chi connectivity index (χ0n) is 13.4. The van der Waals surface area contributed by atoms with E-state index in [9.17, 15) is 9.59 Å². The lowest BCUT2D eigenvalue weighted by molar-refractivity contribution is -0.119. The fourth-order valence-electron chi connectivity index (χ4n) is 2.55. The molecular weight excluding hydrogens is 278 g/mol. The van der Waals surface area contributed by atoms with Crippen molar-refractivity contribution in [3.05, 3.63) is 57.8 Å². The third-order valence-electron chi connectivity index (χ3n) is 3.68. The minimum absolute atomic E-state index is 0.201. The average molecular weight is 299 g/mol. The Bertz CT molecular complexity index is 750. The van der Waals surface area contributed by atoms with Gasteiger partial charge in [0.15, 0.2) is 0 Å². The first-order valence-corrected chi connectivity index (χ1v) is 7.37. The number of amides is 1. The maximum Gasteiger partial charge on any atom is 0.348 e. The van der Waals surface area contributed by atoms with Gasteiger partial charge >= 0.3 is 5.69 Å². The molecule has 0 fully saturated rings. The minimum Gasteiger partial charge on any atom is -0.324 e. The minimum atomic E-state index is -0.569. The quantitative estimate of drug-likeness (QED) is 0.944. The molecule has 0 spiro atoms. The lowest BCUT2D eigenvalue weighted by Gasteiger charge is -2.20. The molecule has 2 rings (SSSR count). The normalized spacial score (nSPS) is 12.0. The molecule has 0 aliphatic heterocycles. The predicted octanol–water partition coefficient (Wildman–Crippen LogP) is 2.76. The van der Waals surface area contributed by atoms with Gasteiger partial charge in [0.2, 0.25) is 5.91 Å². The van der Waals surface area contributed by atoms with E-state index in [4.69, 9.17) is 0 Å². The van der Waals surface area contributed by atoms with Crippen LogP contribution in [0.1, 0.15) is 36.3 Å². The summed E-state index contributed by atoms with van der Waals surface area (Å²) in [5, 5.41) is 2.90. The first-order valence-electron chi connectivity index (χ1n) is 7.37. The van der Waals surface area contributed by atoms with Crippen molar-refractivity contribution in [3.8, 4) is 0 Å². The van der Waals surface area contributed by atoms with Gasteiger partial charge in [-0.1, -0.05) is 25.1 Å². The number of para-hydroxylation sites is 1. The Morgan fingerprint density at radius 3 is 2.55 bits per heavy atom. The van der Waals surface area contributed by atoms with E-state index >= 15 is 0 Å². The van der Waals surface area contributed by atoms with Crippen molar-refractivity contribution in [3.63, 3.8) is 0 Å². The average Bonchev–Trinajstić information content (AvgIpc) is 2.45. The molecule has 1 aromatic heterocycles. The van der Waals surface area contributed by atoms with Crippen molar-refractivity contribution in [2.24, 2.45) is 0 Å². The summed E-state index contributed by atoms with van der Waals surface area (Å²) in [6.07, 6.45) is 0.517. The zero-order valence-corrected chi connectivity index (χ0v) is 13.4. The van der Waals surface area contributed by atoms with E-state index in [0.29, 0.717) is 12.1 Å². The first kappa shape index (κ1) is 15.9. The van der Waals surface area contributed by atoms with Crippen LogP contribution >= 0.6 is 0 Å². The predicted molar refractivity (Wildman–Crippen MR) is 87.1 cm³/mol. The van der Waals surface area contributed by atoms with E-state index in [1.807, 2.05) is 51.1 Å². The van der Waals surface area contributed by atoms with Gasteiger partial charge in [-0.3, -0.25) is 9.36 Å². The number of carbonyl (C=O) groups excluding carboxylic acids is 1. The lowest BCUT2D eigenvalue weighted by Crippen LogP contribution is -2.36. The van der Waals surface area contributed by atoms with Gasteiger partial charge in [0.25, 0.3) is 0 Å². The second-order valence-corrected chi connectivity index (χ2v) is 5.42. The molecule has 0 aliphatic carbocycles. The third kappa shape index (κ3) is 3.24. The van der Waals surface area contributed by atoms with Crippen LogP contribution in [0, 0.1) is 20.8 Å². The Labute approximate surface area is 130 Å². The van der Waals surface area contributed by atoms with Crippen molar-refractivity contribution in [1.82, 2.24) is 9.55 Å².